The molecule has 0 aliphatic heterocycles. The average molecular weight is 313 g/mol. The van der Waals surface area contributed by atoms with Crippen LogP contribution in [-0.4, -0.2) is 16.6 Å². The molecule has 1 heterocycles. The number of nitrogens with one attached hydrogen (secondary N) is 1. The highest BCUT2D eigenvalue weighted by Crippen LogP contribution is 2.21. The summed E-state index contributed by atoms with van der Waals surface area (Å²) >= 11 is 5.80. The van der Waals surface area contributed by atoms with Crippen molar-refractivity contribution in [3.05, 3.63) is 64.4 Å². The number of halogens is 3. The highest BCUT2D eigenvalue weighted by atomic mass is 35.5. The number of aliphatic hydroxyl groups is 1. The Bertz CT molecular complexity index is 604. The predicted octanol–water partition coefficient (Wildman–Crippen LogP) is 3.40. The van der Waals surface area contributed by atoms with Gasteiger partial charge in [-0.2, -0.15) is 0 Å². The van der Waals surface area contributed by atoms with Crippen molar-refractivity contribution in [3.8, 4) is 0 Å². The van der Waals surface area contributed by atoms with Crippen molar-refractivity contribution in [3.63, 3.8) is 0 Å². The summed E-state index contributed by atoms with van der Waals surface area (Å²) in [4.78, 5) is 3.88. The summed E-state index contributed by atoms with van der Waals surface area (Å²) in [6, 6.07) is 6.82. The lowest BCUT2D eigenvalue weighted by molar-refractivity contribution is 0.161. The fourth-order valence-corrected chi connectivity index (χ4v) is 2.21. The predicted molar refractivity (Wildman–Crippen MR) is 77.0 cm³/mol. The minimum Gasteiger partial charge on any atom is -0.387 e. The number of benzene rings is 1. The van der Waals surface area contributed by atoms with Crippen LogP contribution < -0.4 is 5.32 Å². The topological polar surface area (TPSA) is 45.1 Å². The Morgan fingerprint density at radius 2 is 1.95 bits per heavy atom. The standard InChI is InChI=1S/C15H15ClF2N2O/c1-9(10-5-6-19-14(16)7-10)20-8-13(21)15-11(17)3-2-4-12(15)18/h2-7,9,13,20-21H,8H2,1H3. The van der Waals surface area contributed by atoms with Crippen LogP contribution >= 0.6 is 11.6 Å². The summed E-state index contributed by atoms with van der Waals surface area (Å²) in [7, 11) is 0. The smallest absolute Gasteiger partial charge is 0.131 e. The first kappa shape index (κ1) is 15.8. The second kappa shape index (κ2) is 6.93. The minimum atomic E-state index is -1.27. The fraction of sp³-hybridized carbons (Fsp3) is 0.267. The number of rotatable bonds is 5. The molecule has 0 spiro atoms. The van der Waals surface area contributed by atoms with Gasteiger partial charge >= 0.3 is 0 Å². The number of pyridine rings is 1. The summed E-state index contributed by atoms with van der Waals surface area (Å²) in [6.45, 7) is 1.87. The molecule has 2 rings (SSSR count). The summed E-state index contributed by atoms with van der Waals surface area (Å²) < 4.78 is 27.1. The lowest BCUT2D eigenvalue weighted by atomic mass is 10.1. The van der Waals surface area contributed by atoms with Crippen molar-refractivity contribution >= 4 is 11.6 Å². The van der Waals surface area contributed by atoms with Gasteiger partial charge in [0.2, 0.25) is 0 Å². The molecule has 3 nitrogen and oxygen atoms in total. The Morgan fingerprint density at radius 1 is 1.29 bits per heavy atom. The van der Waals surface area contributed by atoms with Crippen LogP contribution in [0.15, 0.2) is 36.5 Å². The van der Waals surface area contributed by atoms with E-state index in [0.717, 1.165) is 17.7 Å². The highest BCUT2D eigenvalue weighted by Gasteiger charge is 2.18. The molecule has 1 aromatic heterocycles. The Hall–Kier alpha value is -1.56. The van der Waals surface area contributed by atoms with Crippen molar-refractivity contribution in [2.24, 2.45) is 0 Å². The number of hydrogen-bond donors (Lipinski definition) is 2. The molecule has 2 atom stereocenters. The van der Waals surface area contributed by atoms with Crippen LogP contribution in [0.3, 0.4) is 0 Å². The molecule has 6 heteroatoms. The lowest BCUT2D eigenvalue weighted by Crippen LogP contribution is -2.25. The van der Waals surface area contributed by atoms with E-state index in [1.54, 1.807) is 18.3 Å². The lowest BCUT2D eigenvalue weighted by Gasteiger charge is -2.18. The van der Waals surface area contributed by atoms with E-state index in [4.69, 9.17) is 11.6 Å². The van der Waals surface area contributed by atoms with Crippen LogP contribution in [0.1, 0.15) is 30.2 Å². The maximum Gasteiger partial charge on any atom is 0.131 e. The minimum absolute atomic E-state index is 0.0129. The molecule has 21 heavy (non-hydrogen) atoms. The van der Waals surface area contributed by atoms with Gasteiger partial charge in [0, 0.05) is 18.8 Å². The van der Waals surface area contributed by atoms with Crippen LogP contribution in [0.25, 0.3) is 0 Å². The van der Waals surface area contributed by atoms with E-state index < -0.39 is 17.7 Å². The maximum absolute atomic E-state index is 13.5. The first-order chi connectivity index (χ1) is 9.99. The van der Waals surface area contributed by atoms with Gasteiger partial charge in [0.15, 0.2) is 0 Å². The first-order valence-electron chi connectivity index (χ1n) is 6.46. The fourth-order valence-electron chi connectivity index (χ4n) is 2.02. The molecular weight excluding hydrogens is 298 g/mol. The van der Waals surface area contributed by atoms with E-state index >= 15 is 0 Å². The first-order valence-corrected chi connectivity index (χ1v) is 6.83. The molecular formula is C15H15ClF2N2O. The van der Waals surface area contributed by atoms with E-state index in [0.29, 0.717) is 5.15 Å². The van der Waals surface area contributed by atoms with Crippen LogP contribution in [0.4, 0.5) is 8.78 Å². The van der Waals surface area contributed by atoms with Gasteiger partial charge in [-0.05, 0) is 36.8 Å². The van der Waals surface area contributed by atoms with Crippen molar-refractivity contribution in [1.29, 1.82) is 0 Å². The third kappa shape index (κ3) is 3.97. The van der Waals surface area contributed by atoms with Crippen LogP contribution in [0, 0.1) is 11.6 Å². The van der Waals surface area contributed by atoms with E-state index in [1.807, 2.05) is 6.92 Å². The third-order valence-corrected chi connectivity index (χ3v) is 3.41. The van der Waals surface area contributed by atoms with Crippen molar-refractivity contribution in [2.75, 3.05) is 6.54 Å². The maximum atomic E-state index is 13.5. The molecule has 112 valence electrons. The van der Waals surface area contributed by atoms with Gasteiger partial charge in [-0.15, -0.1) is 0 Å². The molecule has 0 aliphatic rings. The molecule has 0 amide bonds. The van der Waals surface area contributed by atoms with Crippen molar-refractivity contribution in [2.45, 2.75) is 19.1 Å². The van der Waals surface area contributed by atoms with Gasteiger partial charge in [-0.1, -0.05) is 17.7 Å². The molecule has 2 unspecified atom stereocenters. The number of aliphatic hydroxyl groups excluding tert-OH is 1. The summed E-state index contributed by atoms with van der Waals surface area (Å²) in [5.74, 6) is -1.52. The highest BCUT2D eigenvalue weighted by molar-refractivity contribution is 6.29. The van der Waals surface area contributed by atoms with Crippen LogP contribution in [0.2, 0.25) is 5.15 Å². The largest absolute Gasteiger partial charge is 0.387 e. The van der Waals surface area contributed by atoms with Gasteiger partial charge in [0.1, 0.15) is 16.8 Å². The monoisotopic (exact) mass is 312 g/mol. The zero-order chi connectivity index (χ0) is 15.4. The SMILES string of the molecule is CC(NCC(O)c1c(F)cccc1F)c1ccnc(Cl)c1. The number of aromatic nitrogens is 1. The zero-order valence-electron chi connectivity index (χ0n) is 11.4. The van der Waals surface area contributed by atoms with Gasteiger partial charge < -0.3 is 10.4 Å². The second-order valence-corrected chi connectivity index (χ2v) is 5.08. The van der Waals surface area contributed by atoms with Gasteiger partial charge in [0.05, 0.1) is 11.7 Å². The molecule has 2 aromatic rings. The molecule has 0 aliphatic carbocycles. The Morgan fingerprint density at radius 3 is 2.57 bits per heavy atom. The number of hydrogen-bond acceptors (Lipinski definition) is 3. The van der Waals surface area contributed by atoms with Gasteiger partial charge in [-0.3, -0.25) is 0 Å². The van der Waals surface area contributed by atoms with E-state index in [2.05, 4.69) is 10.3 Å². The van der Waals surface area contributed by atoms with E-state index in [-0.39, 0.29) is 18.2 Å². The normalized spacial score (nSPS) is 14.0. The molecule has 0 saturated heterocycles. The van der Waals surface area contributed by atoms with Crippen LogP contribution in [-0.2, 0) is 0 Å². The van der Waals surface area contributed by atoms with E-state index in [1.165, 1.54) is 6.07 Å². The average Bonchev–Trinajstić information content (AvgIpc) is 2.44. The van der Waals surface area contributed by atoms with Crippen LogP contribution in [0.5, 0.6) is 0 Å². The molecule has 1 aromatic carbocycles. The zero-order valence-corrected chi connectivity index (χ0v) is 12.1. The summed E-state index contributed by atoms with van der Waals surface area (Å²) in [5, 5.41) is 13.3. The number of nitrogens with zero attached hydrogens (tertiary/aromatic N) is 1. The Kier molecular flexibility index (Phi) is 5.22. The molecule has 0 saturated carbocycles. The van der Waals surface area contributed by atoms with Gasteiger partial charge in [0.25, 0.3) is 0 Å². The van der Waals surface area contributed by atoms with E-state index in [9.17, 15) is 13.9 Å². The van der Waals surface area contributed by atoms with Crippen molar-refractivity contribution in [1.82, 2.24) is 10.3 Å². The summed E-state index contributed by atoms with van der Waals surface area (Å²) in [5.41, 5.74) is 0.543. The molecule has 0 fully saturated rings. The van der Waals surface area contributed by atoms with Gasteiger partial charge in [-0.25, -0.2) is 13.8 Å². The van der Waals surface area contributed by atoms with Crippen molar-refractivity contribution < 1.29 is 13.9 Å². The third-order valence-electron chi connectivity index (χ3n) is 3.20. The Balaban J connectivity index is 2.02. The second-order valence-electron chi connectivity index (χ2n) is 4.69. The molecule has 0 radical (unpaired) electrons. The molecule has 0 bridgehead atoms. The molecule has 2 N–H and O–H groups in total. The quantitative estimate of drug-likeness (QED) is 0.832. The summed E-state index contributed by atoms with van der Waals surface area (Å²) in [6.07, 6.45) is 0.300. The Labute approximate surface area is 126 Å².